The zero-order chi connectivity index (χ0) is 19.8. The molecule has 0 radical (unpaired) electrons. The van der Waals surface area contributed by atoms with E-state index in [1.54, 1.807) is 0 Å². The zero-order valence-electron chi connectivity index (χ0n) is 16.2. The number of nitrogens with zero attached hydrogens (tertiary/aromatic N) is 1. The average Bonchev–Trinajstić information content (AvgIpc) is 3.64. The first-order valence-corrected chi connectivity index (χ1v) is 10.2. The van der Waals surface area contributed by atoms with Crippen LogP contribution in [0.25, 0.3) is 10.9 Å². The quantitative estimate of drug-likeness (QED) is 0.661. The van der Waals surface area contributed by atoms with Gasteiger partial charge in [0.15, 0.2) is 0 Å². The first kappa shape index (κ1) is 17.9. The molecule has 0 bridgehead atoms. The third kappa shape index (κ3) is 3.99. The molecule has 1 heterocycles. The summed E-state index contributed by atoms with van der Waals surface area (Å²) in [5.74, 6) is 0.636. The summed E-state index contributed by atoms with van der Waals surface area (Å²) in [4.78, 5) is 29.7. The van der Waals surface area contributed by atoms with Gasteiger partial charge in [-0.3, -0.25) is 14.6 Å². The van der Waals surface area contributed by atoms with Gasteiger partial charge in [0.05, 0.1) is 11.1 Å². The van der Waals surface area contributed by atoms with Gasteiger partial charge in [-0.25, -0.2) is 0 Å². The summed E-state index contributed by atoms with van der Waals surface area (Å²) in [5.41, 5.74) is 4.29. The predicted molar refractivity (Wildman–Crippen MR) is 113 cm³/mol. The Balaban J connectivity index is 1.32. The van der Waals surface area contributed by atoms with Crippen LogP contribution in [-0.2, 0) is 11.3 Å². The van der Waals surface area contributed by atoms with E-state index < -0.39 is 0 Å². The predicted octanol–water partition coefficient (Wildman–Crippen LogP) is 4.39. The van der Waals surface area contributed by atoms with Crippen molar-refractivity contribution in [3.05, 3.63) is 71.4 Å². The van der Waals surface area contributed by atoms with Gasteiger partial charge in [0, 0.05) is 35.1 Å². The Morgan fingerprint density at radius 3 is 2.59 bits per heavy atom. The Morgan fingerprint density at radius 2 is 1.79 bits per heavy atom. The first-order chi connectivity index (χ1) is 14.2. The molecule has 2 aromatic carbocycles. The summed E-state index contributed by atoms with van der Waals surface area (Å²) in [6.07, 6.45) is 4.24. The van der Waals surface area contributed by atoms with E-state index >= 15 is 0 Å². The average molecular weight is 385 g/mol. The summed E-state index contributed by atoms with van der Waals surface area (Å²) in [6, 6.07) is 17.4. The standard InChI is InChI=1S/C24H23N3O2/c28-23(17-10-11-17)26-18-5-3-4-15(12-18)14-25-24(29)20-13-22(16-8-9-16)27-21-7-2-1-6-19(20)21/h1-7,12-13,16-17H,8-11,14H2,(H,25,29)(H,26,28). The van der Waals surface area contributed by atoms with Crippen LogP contribution in [0.15, 0.2) is 54.6 Å². The fourth-order valence-corrected chi connectivity index (χ4v) is 3.60. The number of anilines is 1. The van der Waals surface area contributed by atoms with E-state index in [-0.39, 0.29) is 17.7 Å². The second kappa shape index (κ2) is 7.32. The third-order valence-electron chi connectivity index (χ3n) is 5.57. The molecule has 0 spiro atoms. The highest BCUT2D eigenvalue weighted by atomic mass is 16.2. The number of hydrogen-bond acceptors (Lipinski definition) is 3. The Hall–Kier alpha value is -3.21. The van der Waals surface area contributed by atoms with E-state index in [1.165, 1.54) is 0 Å². The summed E-state index contributed by atoms with van der Waals surface area (Å²) < 4.78 is 0. The number of amides is 2. The van der Waals surface area contributed by atoms with Crippen molar-refractivity contribution >= 4 is 28.4 Å². The van der Waals surface area contributed by atoms with Crippen molar-refractivity contribution in [3.63, 3.8) is 0 Å². The van der Waals surface area contributed by atoms with Gasteiger partial charge in [-0.15, -0.1) is 0 Å². The molecule has 2 aliphatic rings. The molecule has 3 aromatic rings. The molecule has 2 saturated carbocycles. The fourth-order valence-electron chi connectivity index (χ4n) is 3.60. The minimum absolute atomic E-state index is 0.0852. The highest BCUT2D eigenvalue weighted by molar-refractivity contribution is 6.06. The second-order valence-corrected chi connectivity index (χ2v) is 8.03. The number of benzene rings is 2. The van der Waals surface area contributed by atoms with Crippen LogP contribution in [0.4, 0.5) is 5.69 Å². The van der Waals surface area contributed by atoms with Crippen LogP contribution < -0.4 is 10.6 Å². The minimum atomic E-state index is -0.0991. The molecular formula is C24H23N3O2. The van der Waals surface area contributed by atoms with Crippen molar-refractivity contribution in [2.24, 2.45) is 5.92 Å². The molecule has 0 aliphatic heterocycles. The van der Waals surface area contributed by atoms with E-state index in [9.17, 15) is 9.59 Å². The van der Waals surface area contributed by atoms with Gasteiger partial charge in [-0.1, -0.05) is 30.3 Å². The number of para-hydroxylation sites is 1. The molecule has 5 rings (SSSR count). The molecular weight excluding hydrogens is 362 g/mol. The summed E-state index contributed by atoms with van der Waals surface area (Å²) in [5, 5.41) is 6.86. The Bertz CT molecular complexity index is 1100. The van der Waals surface area contributed by atoms with E-state index in [4.69, 9.17) is 4.98 Å². The lowest BCUT2D eigenvalue weighted by molar-refractivity contribution is -0.117. The number of aromatic nitrogens is 1. The first-order valence-electron chi connectivity index (χ1n) is 10.2. The van der Waals surface area contributed by atoms with Crippen LogP contribution in [0, 0.1) is 5.92 Å². The molecule has 5 heteroatoms. The molecule has 146 valence electrons. The number of hydrogen-bond donors (Lipinski definition) is 2. The van der Waals surface area contributed by atoms with Gasteiger partial charge < -0.3 is 10.6 Å². The lowest BCUT2D eigenvalue weighted by Crippen LogP contribution is -2.23. The van der Waals surface area contributed by atoms with Crippen molar-refractivity contribution in [3.8, 4) is 0 Å². The third-order valence-corrected chi connectivity index (χ3v) is 5.57. The number of carbonyl (C=O) groups excluding carboxylic acids is 2. The van der Waals surface area contributed by atoms with Crippen LogP contribution in [0.2, 0.25) is 0 Å². The van der Waals surface area contributed by atoms with Crippen LogP contribution in [0.5, 0.6) is 0 Å². The maximum absolute atomic E-state index is 13.0. The number of pyridine rings is 1. The molecule has 2 fully saturated rings. The summed E-state index contributed by atoms with van der Waals surface area (Å²) in [6.45, 7) is 0.404. The van der Waals surface area contributed by atoms with Crippen molar-refractivity contribution in [2.45, 2.75) is 38.1 Å². The number of fused-ring (bicyclic) bond motifs is 1. The summed E-state index contributed by atoms with van der Waals surface area (Å²) >= 11 is 0. The Kier molecular flexibility index (Phi) is 4.51. The van der Waals surface area contributed by atoms with Gasteiger partial charge in [0.25, 0.3) is 5.91 Å². The maximum atomic E-state index is 13.0. The normalized spacial score (nSPS) is 15.9. The largest absolute Gasteiger partial charge is 0.348 e. The Morgan fingerprint density at radius 1 is 0.966 bits per heavy atom. The van der Waals surface area contributed by atoms with Gasteiger partial charge in [-0.2, -0.15) is 0 Å². The van der Waals surface area contributed by atoms with Crippen LogP contribution >= 0.6 is 0 Å². The van der Waals surface area contributed by atoms with Gasteiger partial charge in [0.1, 0.15) is 0 Å². The van der Waals surface area contributed by atoms with Crippen LogP contribution in [0.3, 0.4) is 0 Å². The topological polar surface area (TPSA) is 71.1 Å². The number of rotatable bonds is 6. The highest BCUT2D eigenvalue weighted by Gasteiger charge is 2.29. The highest BCUT2D eigenvalue weighted by Crippen LogP contribution is 2.40. The van der Waals surface area contributed by atoms with E-state index in [0.717, 1.165) is 53.5 Å². The number of carbonyl (C=O) groups is 2. The van der Waals surface area contributed by atoms with Crippen molar-refractivity contribution < 1.29 is 9.59 Å². The van der Waals surface area contributed by atoms with E-state index in [1.807, 2.05) is 54.6 Å². The molecule has 1 aromatic heterocycles. The second-order valence-electron chi connectivity index (χ2n) is 8.03. The minimum Gasteiger partial charge on any atom is -0.348 e. The molecule has 0 atom stereocenters. The van der Waals surface area contributed by atoms with E-state index in [2.05, 4.69) is 10.6 Å². The molecule has 2 amide bonds. The number of nitrogens with one attached hydrogen (secondary N) is 2. The molecule has 0 unspecified atom stereocenters. The lowest BCUT2D eigenvalue weighted by atomic mass is 10.1. The summed E-state index contributed by atoms with van der Waals surface area (Å²) in [7, 11) is 0. The van der Waals surface area contributed by atoms with Crippen molar-refractivity contribution in [2.75, 3.05) is 5.32 Å². The molecule has 0 saturated heterocycles. The van der Waals surface area contributed by atoms with E-state index in [0.29, 0.717) is 18.0 Å². The molecule has 29 heavy (non-hydrogen) atoms. The molecule has 5 nitrogen and oxygen atoms in total. The fraction of sp³-hybridized carbons (Fsp3) is 0.292. The smallest absolute Gasteiger partial charge is 0.252 e. The monoisotopic (exact) mass is 385 g/mol. The zero-order valence-corrected chi connectivity index (χ0v) is 16.2. The van der Waals surface area contributed by atoms with Crippen molar-refractivity contribution in [1.82, 2.24) is 10.3 Å². The van der Waals surface area contributed by atoms with Gasteiger partial charge in [0.2, 0.25) is 5.91 Å². The Labute approximate surface area is 169 Å². The van der Waals surface area contributed by atoms with Gasteiger partial charge >= 0.3 is 0 Å². The van der Waals surface area contributed by atoms with Gasteiger partial charge in [-0.05, 0) is 55.5 Å². The van der Waals surface area contributed by atoms with Crippen LogP contribution in [-0.4, -0.2) is 16.8 Å². The van der Waals surface area contributed by atoms with Crippen LogP contribution in [0.1, 0.15) is 53.2 Å². The lowest BCUT2D eigenvalue weighted by Gasteiger charge is -2.11. The SMILES string of the molecule is O=C(NCc1cccc(NC(=O)C2CC2)c1)c1cc(C2CC2)nc2ccccc12. The maximum Gasteiger partial charge on any atom is 0.252 e. The molecule has 2 aliphatic carbocycles. The van der Waals surface area contributed by atoms with Crippen molar-refractivity contribution in [1.29, 1.82) is 0 Å². The molecule has 2 N–H and O–H groups in total.